The van der Waals surface area contributed by atoms with Crippen molar-refractivity contribution in [2.45, 2.75) is 20.0 Å². The SMILES string of the molecule is CCOC(=O)c1cc(-c2ccccc2)n(-c2cccc(C(F)(F)F)c2)c1C. The summed E-state index contributed by atoms with van der Waals surface area (Å²) in [4.78, 5) is 12.3. The predicted octanol–water partition coefficient (Wildman–Crippen LogP) is 5.65. The van der Waals surface area contributed by atoms with Crippen LogP contribution >= 0.6 is 0 Å². The molecule has 0 bridgehead atoms. The van der Waals surface area contributed by atoms with Gasteiger partial charge in [0.05, 0.1) is 23.4 Å². The largest absolute Gasteiger partial charge is 0.462 e. The lowest BCUT2D eigenvalue weighted by Crippen LogP contribution is -2.08. The van der Waals surface area contributed by atoms with E-state index in [4.69, 9.17) is 4.74 Å². The van der Waals surface area contributed by atoms with Gasteiger partial charge in [-0.05, 0) is 43.7 Å². The molecule has 0 aliphatic carbocycles. The van der Waals surface area contributed by atoms with Crippen molar-refractivity contribution < 1.29 is 22.7 Å². The van der Waals surface area contributed by atoms with Gasteiger partial charge in [0.25, 0.3) is 0 Å². The zero-order valence-corrected chi connectivity index (χ0v) is 14.9. The van der Waals surface area contributed by atoms with E-state index in [-0.39, 0.29) is 6.61 Å². The van der Waals surface area contributed by atoms with E-state index in [0.29, 0.717) is 22.6 Å². The molecule has 27 heavy (non-hydrogen) atoms. The fourth-order valence-electron chi connectivity index (χ4n) is 3.00. The molecule has 3 aromatic rings. The van der Waals surface area contributed by atoms with Gasteiger partial charge in [-0.2, -0.15) is 13.2 Å². The minimum absolute atomic E-state index is 0.216. The average molecular weight is 373 g/mol. The van der Waals surface area contributed by atoms with Crippen LogP contribution < -0.4 is 0 Å². The highest BCUT2D eigenvalue weighted by Gasteiger charge is 2.31. The number of carbonyl (C=O) groups is 1. The zero-order valence-electron chi connectivity index (χ0n) is 14.9. The summed E-state index contributed by atoms with van der Waals surface area (Å²) in [6, 6.07) is 15.9. The van der Waals surface area contributed by atoms with E-state index >= 15 is 0 Å². The van der Waals surface area contributed by atoms with Crippen molar-refractivity contribution in [3.63, 3.8) is 0 Å². The minimum Gasteiger partial charge on any atom is -0.462 e. The number of hydrogen-bond acceptors (Lipinski definition) is 2. The molecule has 0 amide bonds. The maximum atomic E-state index is 13.2. The number of halogens is 3. The Bertz CT molecular complexity index is 959. The topological polar surface area (TPSA) is 31.2 Å². The van der Waals surface area contributed by atoms with Gasteiger partial charge in [0.2, 0.25) is 0 Å². The second-order valence-electron chi connectivity index (χ2n) is 6.00. The van der Waals surface area contributed by atoms with E-state index in [0.717, 1.165) is 17.7 Å². The van der Waals surface area contributed by atoms with Gasteiger partial charge >= 0.3 is 12.1 Å². The summed E-state index contributed by atoms with van der Waals surface area (Å²) in [6.07, 6.45) is -4.45. The molecule has 1 heterocycles. The Labute approximate surface area is 155 Å². The molecule has 0 aliphatic heterocycles. The van der Waals surface area contributed by atoms with E-state index in [2.05, 4.69) is 0 Å². The molecule has 2 aromatic carbocycles. The van der Waals surface area contributed by atoms with Gasteiger partial charge in [0, 0.05) is 11.4 Å². The van der Waals surface area contributed by atoms with E-state index in [9.17, 15) is 18.0 Å². The molecule has 3 rings (SSSR count). The third kappa shape index (κ3) is 3.74. The van der Waals surface area contributed by atoms with E-state index in [1.165, 1.54) is 6.07 Å². The second kappa shape index (κ2) is 7.31. The monoisotopic (exact) mass is 373 g/mol. The summed E-state index contributed by atoms with van der Waals surface area (Å²) in [7, 11) is 0. The summed E-state index contributed by atoms with van der Waals surface area (Å²) in [5.74, 6) is -0.502. The molecule has 0 unspecified atom stereocenters. The first-order chi connectivity index (χ1) is 12.8. The molecule has 0 N–H and O–H groups in total. The number of nitrogens with zero attached hydrogens (tertiary/aromatic N) is 1. The third-order valence-electron chi connectivity index (χ3n) is 4.24. The number of esters is 1. The van der Waals surface area contributed by atoms with Crippen LogP contribution in [0.2, 0.25) is 0 Å². The molecule has 0 spiro atoms. The molecule has 1 aromatic heterocycles. The van der Waals surface area contributed by atoms with Crippen LogP contribution in [0.1, 0.15) is 28.5 Å². The number of aromatic nitrogens is 1. The third-order valence-corrected chi connectivity index (χ3v) is 4.24. The first kappa shape index (κ1) is 18.8. The number of hydrogen-bond donors (Lipinski definition) is 0. The highest BCUT2D eigenvalue weighted by atomic mass is 19.4. The van der Waals surface area contributed by atoms with Crippen LogP contribution in [0, 0.1) is 6.92 Å². The number of ether oxygens (including phenoxy) is 1. The van der Waals surface area contributed by atoms with Gasteiger partial charge < -0.3 is 9.30 Å². The molecule has 0 atom stereocenters. The Morgan fingerprint density at radius 2 is 1.74 bits per heavy atom. The first-order valence-electron chi connectivity index (χ1n) is 8.45. The van der Waals surface area contributed by atoms with Crippen LogP contribution in [0.5, 0.6) is 0 Å². The molecular formula is C21H18F3NO2. The van der Waals surface area contributed by atoms with E-state index in [1.54, 1.807) is 30.5 Å². The molecule has 0 radical (unpaired) electrons. The van der Waals surface area contributed by atoms with Crippen LogP contribution in [0.15, 0.2) is 60.7 Å². The van der Waals surface area contributed by atoms with Gasteiger partial charge in [0.1, 0.15) is 0 Å². The number of rotatable bonds is 4. The van der Waals surface area contributed by atoms with Crippen LogP contribution in [0.4, 0.5) is 13.2 Å². The minimum atomic E-state index is -4.45. The number of benzene rings is 2. The van der Waals surface area contributed by atoms with E-state index < -0.39 is 17.7 Å². The van der Waals surface area contributed by atoms with E-state index in [1.807, 2.05) is 30.3 Å². The van der Waals surface area contributed by atoms with Crippen molar-refractivity contribution in [1.82, 2.24) is 4.57 Å². The Kier molecular flexibility index (Phi) is 5.08. The fourth-order valence-corrected chi connectivity index (χ4v) is 3.00. The van der Waals surface area contributed by atoms with Gasteiger partial charge in [0.15, 0.2) is 0 Å². The fraction of sp³-hybridized carbons (Fsp3) is 0.190. The molecule has 0 saturated heterocycles. The lowest BCUT2D eigenvalue weighted by atomic mass is 10.1. The van der Waals surface area contributed by atoms with Gasteiger partial charge in [-0.25, -0.2) is 4.79 Å². The van der Waals surface area contributed by atoms with Crippen molar-refractivity contribution in [1.29, 1.82) is 0 Å². The molecule has 3 nitrogen and oxygen atoms in total. The maximum Gasteiger partial charge on any atom is 0.416 e. The second-order valence-corrected chi connectivity index (χ2v) is 6.00. The van der Waals surface area contributed by atoms with Crippen molar-refractivity contribution in [3.05, 3.63) is 77.5 Å². The number of carbonyl (C=O) groups excluding carboxylic acids is 1. The smallest absolute Gasteiger partial charge is 0.416 e. The zero-order chi connectivity index (χ0) is 19.6. The Morgan fingerprint density at radius 1 is 1.04 bits per heavy atom. The number of alkyl halides is 3. The molecule has 140 valence electrons. The highest BCUT2D eigenvalue weighted by molar-refractivity contribution is 5.93. The van der Waals surface area contributed by atoms with Gasteiger partial charge in [-0.3, -0.25) is 0 Å². The normalized spacial score (nSPS) is 11.4. The van der Waals surface area contributed by atoms with Crippen LogP contribution in [0.25, 0.3) is 16.9 Å². The Morgan fingerprint density at radius 3 is 2.37 bits per heavy atom. The van der Waals surface area contributed by atoms with Crippen LogP contribution in [-0.4, -0.2) is 17.1 Å². The van der Waals surface area contributed by atoms with Crippen LogP contribution in [0.3, 0.4) is 0 Å². The predicted molar refractivity (Wildman–Crippen MR) is 96.9 cm³/mol. The summed E-state index contributed by atoms with van der Waals surface area (Å²) >= 11 is 0. The molecule has 0 aliphatic rings. The molecule has 6 heteroatoms. The summed E-state index contributed by atoms with van der Waals surface area (Å²) < 4.78 is 46.2. The van der Waals surface area contributed by atoms with Crippen LogP contribution in [-0.2, 0) is 10.9 Å². The lowest BCUT2D eigenvalue weighted by Gasteiger charge is -2.15. The standard InChI is InChI=1S/C21H18F3NO2/c1-3-27-20(26)18-13-19(15-8-5-4-6-9-15)25(14(18)2)17-11-7-10-16(12-17)21(22,23)24/h4-13H,3H2,1-2H3. The quantitative estimate of drug-likeness (QED) is 0.554. The lowest BCUT2D eigenvalue weighted by molar-refractivity contribution is -0.137. The summed E-state index contributed by atoms with van der Waals surface area (Å²) in [6.45, 7) is 3.61. The van der Waals surface area contributed by atoms with Gasteiger partial charge in [-0.15, -0.1) is 0 Å². The van der Waals surface area contributed by atoms with Crippen molar-refractivity contribution >= 4 is 5.97 Å². The van der Waals surface area contributed by atoms with Crippen molar-refractivity contribution in [2.24, 2.45) is 0 Å². The molecule has 0 saturated carbocycles. The molecular weight excluding hydrogens is 355 g/mol. The average Bonchev–Trinajstić information content (AvgIpc) is 2.99. The summed E-state index contributed by atoms with van der Waals surface area (Å²) in [5, 5.41) is 0. The van der Waals surface area contributed by atoms with Crippen molar-refractivity contribution in [3.8, 4) is 16.9 Å². The van der Waals surface area contributed by atoms with Crippen molar-refractivity contribution in [2.75, 3.05) is 6.61 Å². The Hall–Kier alpha value is -3.02. The first-order valence-corrected chi connectivity index (χ1v) is 8.45. The highest BCUT2D eigenvalue weighted by Crippen LogP contribution is 2.34. The molecule has 0 fully saturated rings. The summed E-state index contributed by atoms with van der Waals surface area (Å²) in [5.41, 5.74) is 1.84. The Balaban J connectivity index is 2.24. The maximum absolute atomic E-state index is 13.2. The van der Waals surface area contributed by atoms with Gasteiger partial charge in [-0.1, -0.05) is 36.4 Å².